The van der Waals surface area contributed by atoms with Crippen LogP contribution in [0.25, 0.3) is 0 Å². The molecular weight excluding hydrogens is 491 g/mol. The lowest BCUT2D eigenvalue weighted by atomic mass is 10.0. The largest absolute Gasteiger partial charge is 0.493 e. The van der Waals surface area contributed by atoms with Crippen molar-refractivity contribution in [3.8, 4) is 11.5 Å². The first-order valence-electron chi connectivity index (χ1n) is 9.78. The fraction of sp³-hybridized carbons (Fsp3) is 0.435. The van der Waals surface area contributed by atoms with Gasteiger partial charge in [-0.05, 0) is 56.8 Å². The summed E-state index contributed by atoms with van der Waals surface area (Å²) in [4.78, 5) is 6.54. The summed E-state index contributed by atoms with van der Waals surface area (Å²) in [5.41, 5.74) is 4.97. The third-order valence-corrected chi connectivity index (χ3v) is 5.05. The van der Waals surface area contributed by atoms with Crippen molar-refractivity contribution in [3.05, 3.63) is 58.7 Å². The molecule has 2 aromatic carbocycles. The first-order chi connectivity index (χ1) is 13.9. The molecule has 0 fully saturated rings. The average molecular weight is 526 g/mol. The van der Waals surface area contributed by atoms with E-state index < -0.39 is 0 Å². The highest BCUT2D eigenvalue weighted by atomic mass is 127. The van der Waals surface area contributed by atoms with E-state index in [4.69, 9.17) is 9.47 Å². The normalized spacial score (nSPS) is 12.2. The molecule has 2 rings (SSSR count). The number of hydrogen-bond donors (Lipinski definition) is 2. The fourth-order valence-corrected chi connectivity index (χ4v) is 3.30. The van der Waals surface area contributed by atoms with E-state index in [0.29, 0.717) is 6.54 Å². The highest BCUT2D eigenvalue weighted by molar-refractivity contribution is 14.0. The van der Waals surface area contributed by atoms with Crippen molar-refractivity contribution in [1.29, 1.82) is 0 Å². The molecule has 166 valence electrons. The molecule has 0 aliphatic carbocycles. The summed E-state index contributed by atoms with van der Waals surface area (Å²) in [6.45, 7) is 5.68. The zero-order chi connectivity index (χ0) is 21.4. The minimum Gasteiger partial charge on any atom is -0.493 e. The zero-order valence-corrected chi connectivity index (χ0v) is 21.4. The molecule has 0 aliphatic rings. The maximum absolute atomic E-state index is 5.46. The Hall–Kier alpha value is -2.00. The van der Waals surface area contributed by atoms with Gasteiger partial charge in [0.25, 0.3) is 0 Å². The molecule has 1 atom stereocenters. The molecule has 0 bridgehead atoms. The van der Waals surface area contributed by atoms with Crippen LogP contribution in [0.2, 0.25) is 0 Å². The third kappa shape index (κ3) is 7.05. The van der Waals surface area contributed by atoms with Crippen LogP contribution in [0, 0.1) is 13.8 Å². The number of nitrogens with one attached hydrogen (secondary N) is 2. The third-order valence-electron chi connectivity index (χ3n) is 5.05. The molecule has 2 N–H and O–H groups in total. The van der Waals surface area contributed by atoms with Crippen molar-refractivity contribution in [2.75, 3.05) is 41.9 Å². The van der Waals surface area contributed by atoms with Gasteiger partial charge in [-0.25, -0.2) is 0 Å². The summed E-state index contributed by atoms with van der Waals surface area (Å²) in [6, 6.07) is 12.7. The molecule has 0 heterocycles. The number of benzene rings is 2. The number of aryl methyl sites for hydroxylation is 2. The predicted octanol–water partition coefficient (Wildman–Crippen LogP) is 3.91. The Bertz CT molecular complexity index is 840. The second kappa shape index (κ2) is 12.6. The smallest absolute Gasteiger partial charge is 0.191 e. The lowest BCUT2D eigenvalue weighted by molar-refractivity contribution is 0.295. The van der Waals surface area contributed by atoms with E-state index in [0.717, 1.165) is 29.6 Å². The maximum atomic E-state index is 5.46. The lowest BCUT2D eigenvalue weighted by Crippen LogP contribution is -2.41. The van der Waals surface area contributed by atoms with Crippen LogP contribution in [-0.2, 0) is 6.54 Å². The Morgan fingerprint density at radius 2 is 1.70 bits per heavy atom. The Morgan fingerprint density at radius 3 is 2.27 bits per heavy atom. The second-order valence-electron chi connectivity index (χ2n) is 7.33. The number of rotatable bonds is 8. The molecule has 30 heavy (non-hydrogen) atoms. The van der Waals surface area contributed by atoms with Gasteiger partial charge >= 0.3 is 0 Å². The molecule has 0 aromatic heterocycles. The topological polar surface area (TPSA) is 58.1 Å². The van der Waals surface area contributed by atoms with Crippen LogP contribution in [0.3, 0.4) is 0 Å². The van der Waals surface area contributed by atoms with E-state index in [2.05, 4.69) is 72.7 Å². The molecule has 0 radical (unpaired) electrons. The fourth-order valence-electron chi connectivity index (χ4n) is 3.30. The summed E-state index contributed by atoms with van der Waals surface area (Å²) in [5, 5.41) is 6.85. The number of nitrogens with zero attached hydrogens (tertiary/aromatic N) is 2. The van der Waals surface area contributed by atoms with Crippen LogP contribution in [0.1, 0.15) is 28.3 Å². The lowest BCUT2D eigenvalue weighted by Gasteiger charge is -2.26. The molecule has 7 heteroatoms. The van der Waals surface area contributed by atoms with Gasteiger partial charge in [-0.2, -0.15) is 0 Å². The summed E-state index contributed by atoms with van der Waals surface area (Å²) in [5.74, 6) is 2.24. The van der Waals surface area contributed by atoms with Crippen molar-refractivity contribution in [2.24, 2.45) is 4.99 Å². The molecule has 0 spiro atoms. The van der Waals surface area contributed by atoms with Gasteiger partial charge in [0.1, 0.15) is 0 Å². The van der Waals surface area contributed by atoms with Crippen LogP contribution < -0.4 is 20.1 Å². The molecule has 0 aliphatic heterocycles. The van der Waals surface area contributed by atoms with E-state index in [1.165, 1.54) is 16.7 Å². The van der Waals surface area contributed by atoms with Crippen LogP contribution in [0.4, 0.5) is 0 Å². The van der Waals surface area contributed by atoms with E-state index in [1.54, 1.807) is 21.3 Å². The molecule has 6 nitrogen and oxygen atoms in total. The maximum Gasteiger partial charge on any atom is 0.191 e. The Labute approximate surface area is 198 Å². The summed E-state index contributed by atoms with van der Waals surface area (Å²) in [7, 11) is 9.22. The second-order valence-corrected chi connectivity index (χ2v) is 7.33. The average Bonchev–Trinajstić information content (AvgIpc) is 2.71. The van der Waals surface area contributed by atoms with E-state index in [-0.39, 0.29) is 30.0 Å². The van der Waals surface area contributed by atoms with Crippen molar-refractivity contribution in [2.45, 2.75) is 26.4 Å². The minimum atomic E-state index is 0. The number of halogens is 1. The molecule has 0 amide bonds. The minimum absolute atomic E-state index is 0. The molecule has 0 saturated heterocycles. The quantitative estimate of drug-likeness (QED) is 0.311. The van der Waals surface area contributed by atoms with Gasteiger partial charge in [0.15, 0.2) is 17.5 Å². The van der Waals surface area contributed by atoms with Gasteiger partial charge < -0.3 is 25.0 Å². The molecule has 2 aromatic rings. The number of guanidine groups is 1. The highest BCUT2D eigenvalue weighted by Crippen LogP contribution is 2.31. The number of likely N-dealkylation sites (N-methyl/N-ethyl adjacent to an activating group) is 1. The van der Waals surface area contributed by atoms with E-state index >= 15 is 0 Å². The van der Waals surface area contributed by atoms with E-state index in [1.807, 2.05) is 12.1 Å². The summed E-state index contributed by atoms with van der Waals surface area (Å²) < 4.78 is 10.8. The van der Waals surface area contributed by atoms with Crippen LogP contribution in [0.5, 0.6) is 11.5 Å². The zero-order valence-electron chi connectivity index (χ0n) is 19.1. The molecule has 1 unspecified atom stereocenters. The molecule has 0 saturated carbocycles. The van der Waals surface area contributed by atoms with Crippen molar-refractivity contribution >= 4 is 29.9 Å². The van der Waals surface area contributed by atoms with Gasteiger partial charge in [-0.15, -0.1) is 24.0 Å². The van der Waals surface area contributed by atoms with E-state index in [9.17, 15) is 0 Å². The van der Waals surface area contributed by atoms with Gasteiger partial charge in [0.2, 0.25) is 0 Å². The Kier molecular flexibility index (Phi) is 11.0. The van der Waals surface area contributed by atoms with Crippen molar-refractivity contribution in [3.63, 3.8) is 0 Å². The standard InChI is InChI=1S/C23H34N4O2.HI/c1-16-8-9-19(17(2)12-16)14-25-23(24-3)26-15-20(27(4)5)18-10-11-21(28-6)22(13-18)29-7;/h8-13,20H,14-15H2,1-7H3,(H2,24,25,26);1H. The summed E-state index contributed by atoms with van der Waals surface area (Å²) in [6.07, 6.45) is 0. The monoisotopic (exact) mass is 526 g/mol. The van der Waals surface area contributed by atoms with Crippen LogP contribution >= 0.6 is 24.0 Å². The highest BCUT2D eigenvalue weighted by Gasteiger charge is 2.17. The Balaban J connectivity index is 0.00000450. The Morgan fingerprint density at radius 1 is 1.00 bits per heavy atom. The van der Waals surface area contributed by atoms with Gasteiger partial charge in [0, 0.05) is 20.1 Å². The van der Waals surface area contributed by atoms with Crippen molar-refractivity contribution < 1.29 is 9.47 Å². The first-order valence-corrected chi connectivity index (χ1v) is 9.78. The van der Waals surface area contributed by atoms with Gasteiger partial charge in [-0.1, -0.05) is 29.8 Å². The number of aliphatic imine (C=N–C) groups is 1. The predicted molar refractivity (Wildman–Crippen MR) is 136 cm³/mol. The van der Waals surface area contributed by atoms with Crippen LogP contribution in [0.15, 0.2) is 41.4 Å². The van der Waals surface area contributed by atoms with Crippen molar-refractivity contribution in [1.82, 2.24) is 15.5 Å². The summed E-state index contributed by atoms with van der Waals surface area (Å²) >= 11 is 0. The number of methoxy groups -OCH3 is 2. The number of hydrogen-bond acceptors (Lipinski definition) is 4. The van der Waals surface area contributed by atoms with Gasteiger partial charge in [0.05, 0.1) is 20.3 Å². The molecular formula is C23H35IN4O2. The van der Waals surface area contributed by atoms with Gasteiger partial charge in [-0.3, -0.25) is 4.99 Å². The first kappa shape index (κ1) is 26.0. The SMILES string of the molecule is CN=C(NCc1ccc(C)cc1C)NCC(c1ccc(OC)c(OC)c1)N(C)C.I. The van der Waals surface area contributed by atoms with Crippen LogP contribution in [-0.4, -0.2) is 52.8 Å². The number of ether oxygens (including phenoxy) is 2.